The van der Waals surface area contributed by atoms with E-state index in [0.717, 1.165) is 36.2 Å². The Hall–Kier alpha value is 0.439. The van der Waals surface area contributed by atoms with Crippen LogP contribution in [0.3, 0.4) is 0 Å². The predicted molar refractivity (Wildman–Crippen MR) is 138 cm³/mol. The first-order chi connectivity index (χ1) is 14.7. The van der Waals surface area contributed by atoms with Crippen LogP contribution < -0.4 is 10.2 Å². The van der Waals surface area contributed by atoms with Crippen LogP contribution in [0.2, 0.25) is 4.44 Å². The molecule has 4 nitrogen and oxygen atoms in total. The van der Waals surface area contributed by atoms with Gasteiger partial charge in [-0.2, -0.15) is 23.5 Å². The third-order valence-electron chi connectivity index (χ3n) is 4.14. The van der Waals surface area contributed by atoms with E-state index in [1.165, 1.54) is 102 Å². The zero-order chi connectivity index (χ0) is 24.3. The first-order valence-corrected chi connectivity index (χ1v) is 16.6. The van der Waals surface area contributed by atoms with Crippen molar-refractivity contribution in [2.24, 2.45) is 11.8 Å². The minimum atomic E-state index is -0.952. The molecule has 0 aromatic carbocycles. The fourth-order valence-corrected chi connectivity index (χ4v) is 4.99. The van der Waals surface area contributed by atoms with Crippen molar-refractivity contribution in [2.45, 2.75) is 103 Å². The molecule has 0 N–H and O–H groups in total. The Labute approximate surface area is 215 Å². The summed E-state index contributed by atoms with van der Waals surface area (Å²) in [5, 5.41) is 20.1. The van der Waals surface area contributed by atoms with Crippen molar-refractivity contribution >= 4 is 58.0 Å². The van der Waals surface area contributed by atoms with E-state index < -0.39 is 11.9 Å². The van der Waals surface area contributed by atoms with Crippen molar-refractivity contribution in [2.75, 3.05) is 23.0 Å². The van der Waals surface area contributed by atoms with E-state index in [2.05, 4.69) is 34.6 Å². The third-order valence-corrected chi connectivity index (χ3v) is 7.34. The molecule has 0 fully saturated rings. The van der Waals surface area contributed by atoms with E-state index in [0.29, 0.717) is 0 Å². The summed E-state index contributed by atoms with van der Waals surface area (Å²) < 4.78 is 1.47. The molecule has 7 heteroatoms. The van der Waals surface area contributed by atoms with Crippen molar-refractivity contribution in [3.8, 4) is 0 Å². The first-order valence-electron chi connectivity index (χ1n) is 11.9. The number of aliphatic carboxylic acids is 2. The quantitative estimate of drug-likeness (QED) is 0.175. The number of carbonyl (C=O) groups excluding carboxylic acids is 2. The fourth-order valence-electron chi connectivity index (χ4n) is 2.38. The van der Waals surface area contributed by atoms with Crippen LogP contribution in [0.1, 0.15) is 98.8 Å². The van der Waals surface area contributed by atoms with E-state index in [1.54, 1.807) is 0 Å². The molecule has 0 heterocycles. The first kappa shape index (κ1) is 36.0. The van der Waals surface area contributed by atoms with Crippen LogP contribution in [0, 0.1) is 11.8 Å². The number of carboxylic acids is 2. The Morgan fingerprint density at radius 3 is 1.32 bits per heavy atom. The molecular formula is C24H48O4S2Sn. The van der Waals surface area contributed by atoms with Crippen molar-refractivity contribution in [3.05, 3.63) is 0 Å². The molecule has 0 radical (unpaired) electrons. The van der Waals surface area contributed by atoms with Crippen LogP contribution in [-0.2, 0) is 9.59 Å². The summed E-state index contributed by atoms with van der Waals surface area (Å²) in [7, 11) is 0. The molecule has 0 saturated heterocycles. The van der Waals surface area contributed by atoms with Crippen LogP contribution in [-0.4, -0.2) is 57.5 Å². The maximum absolute atomic E-state index is 10.0. The molecule has 184 valence electrons. The molecule has 31 heavy (non-hydrogen) atoms. The van der Waals surface area contributed by atoms with E-state index >= 15 is 0 Å². The van der Waals surface area contributed by atoms with Gasteiger partial charge in [0.1, 0.15) is 0 Å². The molecular weight excluding hydrogens is 535 g/mol. The summed E-state index contributed by atoms with van der Waals surface area (Å²) in [6, 6.07) is 0. The van der Waals surface area contributed by atoms with Gasteiger partial charge in [0.05, 0.1) is 11.9 Å². The molecule has 0 amide bonds. The van der Waals surface area contributed by atoms with E-state index in [1.807, 2.05) is 0 Å². The van der Waals surface area contributed by atoms with Crippen molar-refractivity contribution in [1.82, 2.24) is 0 Å². The summed E-state index contributed by atoms with van der Waals surface area (Å²) in [4.78, 5) is 20.1. The van der Waals surface area contributed by atoms with Gasteiger partial charge in [-0.15, -0.1) is 0 Å². The SMILES string of the molecule is CC(C)CCCCCSCC(=O)[O-].CC(C)CCCCCSCC(=O)[O-].CCC[CH2][SnH+2]. The Morgan fingerprint density at radius 2 is 1.10 bits per heavy atom. The Bertz CT molecular complexity index is 347. The van der Waals surface area contributed by atoms with Gasteiger partial charge in [-0.05, 0) is 36.2 Å². The number of unbranched alkanes of at least 4 members (excludes halogenated alkanes) is 5. The summed E-state index contributed by atoms with van der Waals surface area (Å²) in [5.74, 6) is 1.86. The number of hydrogen-bond acceptors (Lipinski definition) is 6. The second-order valence-corrected chi connectivity index (χ2v) is 12.3. The minimum absolute atomic E-state index is 0.143. The normalized spacial score (nSPS) is 10.3. The third kappa shape index (κ3) is 48.9. The van der Waals surface area contributed by atoms with E-state index in [-0.39, 0.29) is 11.5 Å². The molecule has 0 aromatic rings. The van der Waals surface area contributed by atoms with Gasteiger partial charge in [0.15, 0.2) is 0 Å². The summed E-state index contributed by atoms with van der Waals surface area (Å²) >= 11 is 4.37. The van der Waals surface area contributed by atoms with Crippen molar-refractivity contribution in [3.63, 3.8) is 0 Å². The number of carboxylic acid groups (broad SMARTS) is 2. The number of hydrogen-bond donors (Lipinski definition) is 0. The molecule has 0 unspecified atom stereocenters. The summed E-state index contributed by atoms with van der Waals surface area (Å²) in [6.45, 7) is 11.1. The van der Waals surface area contributed by atoms with Gasteiger partial charge >= 0.3 is 46.7 Å². The van der Waals surface area contributed by atoms with Gasteiger partial charge in [-0.3, -0.25) is 0 Å². The van der Waals surface area contributed by atoms with Crippen LogP contribution in [0.25, 0.3) is 0 Å². The average Bonchev–Trinajstić information content (AvgIpc) is 2.67. The van der Waals surface area contributed by atoms with Crippen molar-refractivity contribution < 1.29 is 19.8 Å². The molecule has 0 saturated carbocycles. The maximum atomic E-state index is 10.0. The Kier molecular flexibility index (Phi) is 35.4. The van der Waals surface area contributed by atoms with Gasteiger partial charge in [-0.1, -0.05) is 66.2 Å². The standard InChI is InChI=1S/2C10H20O2S.C4H9.Sn.H/c2*1-9(2)6-4-3-5-7-13-8-10(11)12;1-3-4-2;;/h2*9H,3-8H2,1-2H3,(H,11,12);1,3-4H2,2H3;;/q;;;+2;/p-2. The molecule has 0 spiro atoms. The Balaban J connectivity index is -0.000000416. The van der Waals surface area contributed by atoms with Gasteiger partial charge in [0.25, 0.3) is 0 Å². The Morgan fingerprint density at radius 1 is 0.710 bits per heavy atom. The summed E-state index contributed by atoms with van der Waals surface area (Å²) in [6.07, 6.45) is 12.6. The van der Waals surface area contributed by atoms with Gasteiger partial charge in [0.2, 0.25) is 0 Å². The molecule has 0 aliphatic heterocycles. The number of rotatable bonds is 18. The van der Waals surface area contributed by atoms with Gasteiger partial charge in [-0.25, -0.2) is 0 Å². The van der Waals surface area contributed by atoms with Crippen molar-refractivity contribution in [1.29, 1.82) is 0 Å². The monoisotopic (exact) mass is 584 g/mol. The molecule has 0 bridgehead atoms. The molecule has 0 atom stereocenters. The van der Waals surface area contributed by atoms with Crippen LogP contribution in [0.15, 0.2) is 0 Å². The van der Waals surface area contributed by atoms with Crippen LogP contribution >= 0.6 is 23.5 Å². The average molecular weight is 583 g/mol. The van der Waals surface area contributed by atoms with E-state index in [9.17, 15) is 19.8 Å². The zero-order valence-corrected chi connectivity index (χ0v) is 25.7. The van der Waals surface area contributed by atoms with Crippen LogP contribution in [0.5, 0.6) is 0 Å². The van der Waals surface area contributed by atoms with Crippen LogP contribution in [0.4, 0.5) is 0 Å². The summed E-state index contributed by atoms with van der Waals surface area (Å²) in [5.41, 5.74) is 0. The fraction of sp³-hybridized carbons (Fsp3) is 0.917. The molecule has 0 aliphatic rings. The number of thioether (sulfide) groups is 2. The zero-order valence-electron chi connectivity index (χ0n) is 20.8. The van der Waals surface area contributed by atoms with Gasteiger partial charge in [0, 0.05) is 11.5 Å². The molecule has 0 aliphatic carbocycles. The molecule has 0 rings (SSSR count). The second-order valence-electron chi connectivity index (χ2n) is 8.48. The second kappa shape index (κ2) is 30.4. The topological polar surface area (TPSA) is 80.3 Å². The van der Waals surface area contributed by atoms with Gasteiger partial charge < -0.3 is 19.8 Å². The predicted octanol–water partition coefficient (Wildman–Crippen LogP) is 4.48. The molecule has 0 aromatic heterocycles. The number of carbonyl (C=O) groups is 2. The van der Waals surface area contributed by atoms with E-state index in [4.69, 9.17) is 0 Å².